The second kappa shape index (κ2) is 6.95. The van der Waals surface area contributed by atoms with E-state index in [1.165, 1.54) is 4.90 Å². The van der Waals surface area contributed by atoms with Crippen LogP contribution in [-0.2, 0) is 14.3 Å². The SMILES string of the molecule is O=C(OCC#CI)C(=O)N1CCSCC1. The van der Waals surface area contributed by atoms with Gasteiger partial charge in [-0.2, -0.15) is 11.8 Å². The summed E-state index contributed by atoms with van der Waals surface area (Å²) in [7, 11) is 0. The van der Waals surface area contributed by atoms with E-state index in [2.05, 4.69) is 14.6 Å². The predicted octanol–water partition coefficient (Wildman–Crippen LogP) is 0.501. The van der Waals surface area contributed by atoms with Crippen molar-refractivity contribution in [1.29, 1.82) is 0 Å². The minimum Gasteiger partial charge on any atom is -0.445 e. The smallest absolute Gasteiger partial charge is 0.397 e. The van der Waals surface area contributed by atoms with Crippen LogP contribution in [0.4, 0.5) is 0 Å². The molecular weight excluding hydrogens is 329 g/mol. The average molecular weight is 339 g/mol. The van der Waals surface area contributed by atoms with Gasteiger partial charge in [0.05, 0.1) is 0 Å². The molecular formula is C9H10INO3S. The van der Waals surface area contributed by atoms with Crippen LogP contribution in [0.15, 0.2) is 0 Å². The maximum atomic E-state index is 11.5. The molecule has 0 N–H and O–H groups in total. The minimum absolute atomic E-state index is 0.0178. The Labute approximate surface area is 106 Å². The van der Waals surface area contributed by atoms with Crippen molar-refractivity contribution < 1.29 is 14.3 Å². The van der Waals surface area contributed by atoms with Crippen molar-refractivity contribution in [2.75, 3.05) is 31.2 Å². The Bertz CT molecular complexity index is 304. The van der Waals surface area contributed by atoms with Crippen LogP contribution in [0.1, 0.15) is 0 Å². The lowest BCUT2D eigenvalue weighted by atomic mass is 10.4. The lowest BCUT2D eigenvalue weighted by Crippen LogP contribution is -2.42. The minimum atomic E-state index is -0.805. The van der Waals surface area contributed by atoms with Gasteiger partial charge in [-0.25, -0.2) is 4.79 Å². The van der Waals surface area contributed by atoms with Gasteiger partial charge in [0.25, 0.3) is 0 Å². The molecule has 4 nitrogen and oxygen atoms in total. The van der Waals surface area contributed by atoms with Gasteiger partial charge in [-0.1, -0.05) is 5.92 Å². The molecule has 82 valence electrons. The van der Waals surface area contributed by atoms with Crippen LogP contribution >= 0.6 is 34.4 Å². The molecule has 1 aliphatic rings. The van der Waals surface area contributed by atoms with Gasteiger partial charge >= 0.3 is 11.9 Å². The Morgan fingerprint density at radius 2 is 2.07 bits per heavy atom. The number of carbonyl (C=O) groups is 2. The van der Waals surface area contributed by atoms with Crippen molar-refractivity contribution in [1.82, 2.24) is 4.90 Å². The van der Waals surface area contributed by atoms with Crippen LogP contribution in [-0.4, -0.2) is 48.0 Å². The lowest BCUT2D eigenvalue weighted by Gasteiger charge is -2.24. The molecule has 1 aliphatic heterocycles. The molecule has 0 aromatic rings. The highest BCUT2D eigenvalue weighted by molar-refractivity contribution is 14.1. The fraction of sp³-hybridized carbons (Fsp3) is 0.556. The zero-order valence-electron chi connectivity index (χ0n) is 7.99. The summed E-state index contributed by atoms with van der Waals surface area (Å²) >= 11 is 3.62. The molecule has 1 heterocycles. The topological polar surface area (TPSA) is 46.6 Å². The Kier molecular flexibility index (Phi) is 5.86. The Morgan fingerprint density at radius 1 is 1.40 bits per heavy atom. The van der Waals surface area contributed by atoms with Crippen molar-refractivity contribution in [3.63, 3.8) is 0 Å². The lowest BCUT2D eigenvalue weighted by molar-refractivity contribution is -0.159. The van der Waals surface area contributed by atoms with Crippen molar-refractivity contribution >= 4 is 46.2 Å². The molecule has 0 aromatic heterocycles. The number of amides is 1. The van der Waals surface area contributed by atoms with Gasteiger partial charge < -0.3 is 9.64 Å². The third-order valence-electron chi connectivity index (χ3n) is 1.82. The van der Waals surface area contributed by atoms with Gasteiger partial charge in [-0.3, -0.25) is 4.79 Å². The molecule has 0 unspecified atom stereocenters. The number of nitrogens with zero attached hydrogens (tertiary/aromatic N) is 1. The zero-order chi connectivity index (χ0) is 11.1. The highest BCUT2D eigenvalue weighted by Gasteiger charge is 2.24. The highest BCUT2D eigenvalue weighted by atomic mass is 127. The molecule has 0 saturated carbocycles. The number of rotatable bonds is 1. The summed E-state index contributed by atoms with van der Waals surface area (Å²) in [5, 5.41) is 0. The van der Waals surface area contributed by atoms with Crippen molar-refractivity contribution in [2.45, 2.75) is 0 Å². The number of carbonyl (C=O) groups excluding carboxylic acids is 2. The molecule has 1 fully saturated rings. The standard InChI is InChI=1S/C9H10INO3S/c10-2-1-5-14-9(13)8(12)11-3-6-15-7-4-11/h3-7H2. The molecule has 1 amide bonds. The molecule has 15 heavy (non-hydrogen) atoms. The first-order valence-corrected chi connectivity index (χ1v) is 6.61. The second-order valence-corrected chi connectivity index (χ2v) is 4.52. The molecule has 6 heteroatoms. The quantitative estimate of drug-likeness (QED) is 0.302. The van der Waals surface area contributed by atoms with E-state index in [1.807, 2.05) is 22.6 Å². The van der Waals surface area contributed by atoms with Crippen molar-refractivity contribution in [3.8, 4) is 9.85 Å². The molecule has 1 rings (SSSR count). The van der Waals surface area contributed by atoms with E-state index in [0.29, 0.717) is 13.1 Å². The van der Waals surface area contributed by atoms with Gasteiger partial charge in [0.2, 0.25) is 0 Å². The van der Waals surface area contributed by atoms with Crippen LogP contribution in [0.5, 0.6) is 0 Å². The van der Waals surface area contributed by atoms with E-state index < -0.39 is 11.9 Å². The Balaban J connectivity index is 2.36. The van der Waals surface area contributed by atoms with Gasteiger partial charge in [0.1, 0.15) is 0 Å². The summed E-state index contributed by atoms with van der Waals surface area (Å²) in [6, 6.07) is 0. The summed E-state index contributed by atoms with van der Waals surface area (Å²) in [4.78, 5) is 24.2. The summed E-state index contributed by atoms with van der Waals surface area (Å²) < 4.78 is 7.24. The Hall–Kier alpha value is -0.420. The first-order valence-electron chi connectivity index (χ1n) is 4.38. The highest BCUT2D eigenvalue weighted by Crippen LogP contribution is 2.09. The maximum absolute atomic E-state index is 11.5. The summed E-state index contributed by atoms with van der Waals surface area (Å²) in [5.74, 6) is 2.96. The number of thioether (sulfide) groups is 1. The van der Waals surface area contributed by atoms with E-state index in [0.717, 1.165) is 11.5 Å². The number of hydrogen-bond donors (Lipinski definition) is 0. The number of esters is 1. The van der Waals surface area contributed by atoms with E-state index in [1.54, 1.807) is 11.8 Å². The van der Waals surface area contributed by atoms with E-state index in [9.17, 15) is 9.59 Å². The number of halogens is 1. The fourth-order valence-corrected chi connectivity index (χ4v) is 2.14. The monoisotopic (exact) mass is 339 g/mol. The predicted molar refractivity (Wildman–Crippen MR) is 66.7 cm³/mol. The molecule has 0 bridgehead atoms. The second-order valence-electron chi connectivity index (χ2n) is 2.75. The van der Waals surface area contributed by atoms with Crippen LogP contribution < -0.4 is 0 Å². The van der Waals surface area contributed by atoms with Gasteiger partial charge in [0.15, 0.2) is 6.61 Å². The van der Waals surface area contributed by atoms with Crippen LogP contribution in [0.25, 0.3) is 0 Å². The normalized spacial score (nSPS) is 15.1. The number of hydrogen-bond acceptors (Lipinski definition) is 4. The summed E-state index contributed by atoms with van der Waals surface area (Å²) in [5.41, 5.74) is 0. The average Bonchev–Trinajstić information content (AvgIpc) is 2.29. The summed E-state index contributed by atoms with van der Waals surface area (Å²) in [6.45, 7) is 1.23. The molecule has 0 aromatic carbocycles. The maximum Gasteiger partial charge on any atom is 0.397 e. The van der Waals surface area contributed by atoms with Crippen LogP contribution in [0.3, 0.4) is 0 Å². The number of ether oxygens (including phenoxy) is 1. The van der Waals surface area contributed by atoms with Crippen molar-refractivity contribution in [3.05, 3.63) is 0 Å². The first-order chi connectivity index (χ1) is 7.25. The van der Waals surface area contributed by atoms with Gasteiger partial charge in [0, 0.05) is 47.2 Å². The molecule has 0 spiro atoms. The zero-order valence-corrected chi connectivity index (χ0v) is 11.0. The molecule has 0 atom stereocenters. The third kappa shape index (κ3) is 4.30. The fourth-order valence-electron chi connectivity index (χ4n) is 1.09. The van der Waals surface area contributed by atoms with Crippen molar-refractivity contribution in [2.24, 2.45) is 0 Å². The first kappa shape index (κ1) is 12.6. The van der Waals surface area contributed by atoms with E-state index in [-0.39, 0.29) is 6.61 Å². The van der Waals surface area contributed by atoms with Gasteiger partial charge in [-0.15, -0.1) is 0 Å². The molecule has 0 aliphatic carbocycles. The van der Waals surface area contributed by atoms with E-state index >= 15 is 0 Å². The van der Waals surface area contributed by atoms with Crippen LogP contribution in [0.2, 0.25) is 0 Å². The van der Waals surface area contributed by atoms with Crippen LogP contribution in [0, 0.1) is 9.85 Å². The van der Waals surface area contributed by atoms with E-state index in [4.69, 9.17) is 0 Å². The van der Waals surface area contributed by atoms with Gasteiger partial charge in [-0.05, 0) is 3.93 Å². The third-order valence-corrected chi connectivity index (χ3v) is 3.14. The largest absolute Gasteiger partial charge is 0.445 e. The molecule has 1 saturated heterocycles. The Morgan fingerprint density at radius 3 is 2.67 bits per heavy atom. The summed E-state index contributed by atoms with van der Waals surface area (Å²) in [6.07, 6.45) is 0. The molecule has 0 radical (unpaired) electrons.